The molecule has 0 aliphatic heterocycles. The number of hydrogen-bond acceptors (Lipinski definition) is 2. The molecule has 1 unspecified atom stereocenters. The van der Waals surface area contributed by atoms with Crippen LogP contribution in [-0.4, -0.2) is 24.3 Å². The summed E-state index contributed by atoms with van der Waals surface area (Å²) in [6.45, 7) is 0. The number of methoxy groups -OCH3 is 1. The standard InChI is InChI=1S/C12H15ClO3/c1-16-10(8-12(14)15)7-6-9-4-2-3-5-11(9)13/h2-5,10H,6-8H2,1H3,(H,14,15). The molecule has 1 aromatic rings. The Morgan fingerprint density at radius 1 is 1.50 bits per heavy atom. The van der Waals surface area contributed by atoms with Crippen LogP contribution in [0.25, 0.3) is 0 Å². The molecule has 1 N–H and O–H groups in total. The molecule has 0 radical (unpaired) electrons. The van der Waals surface area contributed by atoms with E-state index >= 15 is 0 Å². The highest BCUT2D eigenvalue weighted by atomic mass is 35.5. The van der Waals surface area contributed by atoms with Gasteiger partial charge in [-0.1, -0.05) is 29.8 Å². The molecule has 0 saturated heterocycles. The highest BCUT2D eigenvalue weighted by molar-refractivity contribution is 6.31. The molecule has 0 heterocycles. The van der Waals surface area contributed by atoms with E-state index in [4.69, 9.17) is 21.4 Å². The summed E-state index contributed by atoms with van der Waals surface area (Å²) in [4.78, 5) is 10.5. The van der Waals surface area contributed by atoms with Gasteiger partial charge in [-0.25, -0.2) is 0 Å². The summed E-state index contributed by atoms with van der Waals surface area (Å²) < 4.78 is 5.10. The van der Waals surface area contributed by atoms with Crippen molar-refractivity contribution in [1.82, 2.24) is 0 Å². The lowest BCUT2D eigenvalue weighted by molar-refractivity contribution is -0.139. The summed E-state index contributed by atoms with van der Waals surface area (Å²) >= 11 is 6.00. The third-order valence-electron chi connectivity index (χ3n) is 2.43. The Kier molecular flexibility index (Phi) is 5.29. The predicted molar refractivity (Wildman–Crippen MR) is 62.8 cm³/mol. The van der Waals surface area contributed by atoms with Crippen LogP contribution >= 0.6 is 11.6 Å². The van der Waals surface area contributed by atoms with Gasteiger partial charge in [0.25, 0.3) is 0 Å². The van der Waals surface area contributed by atoms with E-state index < -0.39 is 5.97 Å². The van der Waals surface area contributed by atoms with Crippen LogP contribution in [0.3, 0.4) is 0 Å². The molecule has 0 aromatic heterocycles. The number of hydrogen-bond donors (Lipinski definition) is 1. The molecule has 1 aromatic carbocycles. The van der Waals surface area contributed by atoms with E-state index in [0.29, 0.717) is 11.4 Å². The van der Waals surface area contributed by atoms with Crippen molar-refractivity contribution in [2.75, 3.05) is 7.11 Å². The van der Waals surface area contributed by atoms with Gasteiger partial charge in [-0.05, 0) is 24.5 Å². The van der Waals surface area contributed by atoms with Crippen molar-refractivity contribution in [3.8, 4) is 0 Å². The molecule has 0 aliphatic carbocycles. The van der Waals surface area contributed by atoms with E-state index in [1.807, 2.05) is 24.3 Å². The second-order valence-electron chi connectivity index (χ2n) is 3.59. The minimum atomic E-state index is -0.842. The predicted octanol–water partition coefficient (Wildman–Crippen LogP) is 2.76. The number of ether oxygens (including phenoxy) is 1. The number of halogens is 1. The molecule has 0 aliphatic rings. The molecule has 16 heavy (non-hydrogen) atoms. The highest BCUT2D eigenvalue weighted by Crippen LogP contribution is 2.18. The fourth-order valence-electron chi connectivity index (χ4n) is 1.52. The maximum Gasteiger partial charge on any atom is 0.305 e. The van der Waals surface area contributed by atoms with Crippen LogP contribution in [0, 0.1) is 0 Å². The molecule has 0 fully saturated rings. The zero-order valence-corrected chi connectivity index (χ0v) is 9.91. The third-order valence-corrected chi connectivity index (χ3v) is 2.80. The average Bonchev–Trinajstić information content (AvgIpc) is 2.25. The molecule has 0 saturated carbocycles. The lowest BCUT2D eigenvalue weighted by Crippen LogP contribution is -2.16. The Hall–Kier alpha value is -1.06. The lowest BCUT2D eigenvalue weighted by atomic mass is 10.0. The smallest absolute Gasteiger partial charge is 0.305 e. The van der Waals surface area contributed by atoms with E-state index in [0.717, 1.165) is 12.0 Å². The second kappa shape index (κ2) is 6.51. The van der Waals surface area contributed by atoms with Gasteiger partial charge in [0.05, 0.1) is 12.5 Å². The van der Waals surface area contributed by atoms with Crippen molar-refractivity contribution in [1.29, 1.82) is 0 Å². The van der Waals surface area contributed by atoms with Gasteiger partial charge in [-0.2, -0.15) is 0 Å². The monoisotopic (exact) mass is 242 g/mol. The Morgan fingerprint density at radius 2 is 2.19 bits per heavy atom. The van der Waals surface area contributed by atoms with Gasteiger partial charge in [-0.3, -0.25) is 4.79 Å². The average molecular weight is 243 g/mol. The first kappa shape index (κ1) is 13.0. The third kappa shape index (κ3) is 4.21. The van der Waals surface area contributed by atoms with Crippen LogP contribution in [0.4, 0.5) is 0 Å². The first-order valence-electron chi connectivity index (χ1n) is 5.11. The van der Waals surface area contributed by atoms with Gasteiger partial charge < -0.3 is 9.84 Å². The number of benzene rings is 1. The lowest BCUT2D eigenvalue weighted by Gasteiger charge is -2.13. The van der Waals surface area contributed by atoms with E-state index in [2.05, 4.69) is 0 Å². The van der Waals surface area contributed by atoms with E-state index in [-0.39, 0.29) is 12.5 Å². The number of carboxylic acids is 1. The molecule has 0 bridgehead atoms. The van der Waals surface area contributed by atoms with Crippen molar-refractivity contribution < 1.29 is 14.6 Å². The van der Waals surface area contributed by atoms with Gasteiger partial charge >= 0.3 is 5.97 Å². The number of aliphatic carboxylic acids is 1. The summed E-state index contributed by atoms with van der Waals surface area (Å²) in [7, 11) is 1.53. The summed E-state index contributed by atoms with van der Waals surface area (Å²) in [5.41, 5.74) is 1.02. The maximum atomic E-state index is 10.5. The number of rotatable bonds is 6. The number of aryl methyl sites for hydroxylation is 1. The first-order chi connectivity index (χ1) is 7.63. The Balaban J connectivity index is 2.49. The Morgan fingerprint density at radius 3 is 2.75 bits per heavy atom. The molecular formula is C12H15ClO3. The molecular weight excluding hydrogens is 228 g/mol. The minimum absolute atomic E-state index is 0.0287. The Labute approximate surface area is 100.0 Å². The highest BCUT2D eigenvalue weighted by Gasteiger charge is 2.12. The van der Waals surface area contributed by atoms with Gasteiger partial charge in [0, 0.05) is 12.1 Å². The summed E-state index contributed by atoms with van der Waals surface area (Å²) in [5, 5.41) is 9.38. The molecule has 3 nitrogen and oxygen atoms in total. The molecule has 88 valence electrons. The fourth-order valence-corrected chi connectivity index (χ4v) is 1.75. The van der Waals surface area contributed by atoms with Gasteiger partial charge in [0.1, 0.15) is 0 Å². The fraction of sp³-hybridized carbons (Fsp3) is 0.417. The molecule has 1 rings (SSSR count). The van der Waals surface area contributed by atoms with Crippen LogP contribution < -0.4 is 0 Å². The zero-order valence-electron chi connectivity index (χ0n) is 9.15. The quantitative estimate of drug-likeness (QED) is 0.834. The van der Waals surface area contributed by atoms with E-state index in [1.54, 1.807) is 0 Å². The Bertz CT molecular complexity index is 352. The molecule has 0 spiro atoms. The zero-order chi connectivity index (χ0) is 12.0. The summed E-state index contributed by atoms with van der Waals surface area (Å²) in [6.07, 6.45) is 1.16. The van der Waals surface area contributed by atoms with Gasteiger partial charge in [0.15, 0.2) is 0 Å². The van der Waals surface area contributed by atoms with Crippen LogP contribution in [0.15, 0.2) is 24.3 Å². The molecule has 1 atom stereocenters. The van der Waals surface area contributed by atoms with Crippen molar-refractivity contribution in [2.24, 2.45) is 0 Å². The SMILES string of the molecule is COC(CCc1ccccc1Cl)CC(=O)O. The van der Waals surface area contributed by atoms with Crippen molar-refractivity contribution >= 4 is 17.6 Å². The summed E-state index contributed by atoms with van der Waals surface area (Å²) in [5.74, 6) is -0.842. The normalized spacial score (nSPS) is 12.4. The van der Waals surface area contributed by atoms with Crippen LogP contribution in [-0.2, 0) is 16.0 Å². The molecule has 0 amide bonds. The van der Waals surface area contributed by atoms with Crippen molar-refractivity contribution in [3.05, 3.63) is 34.9 Å². The maximum absolute atomic E-state index is 10.5. The van der Waals surface area contributed by atoms with Crippen LogP contribution in [0.5, 0.6) is 0 Å². The number of carboxylic acid groups (broad SMARTS) is 1. The van der Waals surface area contributed by atoms with Crippen LogP contribution in [0.2, 0.25) is 5.02 Å². The topological polar surface area (TPSA) is 46.5 Å². The van der Waals surface area contributed by atoms with E-state index in [1.165, 1.54) is 7.11 Å². The minimum Gasteiger partial charge on any atom is -0.481 e. The van der Waals surface area contributed by atoms with Crippen molar-refractivity contribution in [3.63, 3.8) is 0 Å². The van der Waals surface area contributed by atoms with Gasteiger partial charge in [0.2, 0.25) is 0 Å². The second-order valence-corrected chi connectivity index (χ2v) is 3.99. The number of carbonyl (C=O) groups is 1. The van der Waals surface area contributed by atoms with Gasteiger partial charge in [-0.15, -0.1) is 0 Å². The van der Waals surface area contributed by atoms with E-state index in [9.17, 15) is 4.79 Å². The molecule has 4 heteroatoms. The largest absolute Gasteiger partial charge is 0.481 e. The summed E-state index contributed by atoms with van der Waals surface area (Å²) in [6, 6.07) is 7.56. The first-order valence-corrected chi connectivity index (χ1v) is 5.49. The van der Waals surface area contributed by atoms with Crippen molar-refractivity contribution in [2.45, 2.75) is 25.4 Å². The van der Waals surface area contributed by atoms with Crippen LogP contribution in [0.1, 0.15) is 18.4 Å².